The number of nitrogens with one attached hydrogen (secondary N) is 2. The van der Waals surface area contributed by atoms with Crippen molar-refractivity contribution in [2.75, 3.05) is 13.1 Å². The van der Waals surface area contributed by atoms with Crippen LogP contribution < -0.4 is 10.6 Å². The highest BCUT2D eigenvalue weighted by Gasteiger charge is 2.28. The number of phenolic OH excluding ortho intramolecular Hbond substituents is 1. The third-order valence-electron chi connectivity index (χ3n) is 5.30. The van der Waals surface area contributed by atoms with Crippen molar-refractivity contribution >= 4 is 17.8 Å². The fourth-order valence-corrected chi connectivity index (χ4v) is 3.62. The lowest BCUT2D eigenvalue weighted by molar-refractivity contribution is -0.137. The minimum absolute atomic E-state index is 0.0601. The summed E-state index contributed by atoms with van der Waals surface area (Å²) < 4.78 is 0. The topological polar surface area (TPSA) is 164 Å². The third kappa shape index (κ3) is 6.97. The molecule has 1 aromatic carbocycles. The number of amides is 2. The van der Waals surface area contributed by atoms with Crippen molar-refractivity contribution in [3.8, 4) is 5.75 Å². The van der Waals surface area contributed by atoms with Crippen molar-refractivity contribution < 1.29 is 24.6 Å². The van der Waals surface area contributed by atoms with Crippen molar-refractivity contribution in [1.29, 1.82) is 0 Å². The maximum atomic E-state index is 12.4. The van der Waals surface area contributed by atoms with Crippen LogP contribution in [-0.2, 0) is 9.59 Å². The van der Waals surface area contributed by atoms with E-state index < -0.39 is 12.0 Å². The number of rotatable bonds is 9. The molecule has 10 heteroatoms. The van der Waals surface area contributed by atoms with Gasteiger partial charge in [0.25, 0.3) is 5.91 Å². The van der Waals surface area contributed by atoms with Crippen LogP contribution >= 0.6 is 0 Å². The standard InChI is InChI=1S/C20H27N5O5/c1-12-2-7-17(26)16(8-12)20(30)22-10-13-3-5-14(6-4-13)19(29)24-15(9-18(27)28)11-23-25-21/h2,7-8,13-15,26H,3-6,9-11H2,1H3,(H,22,30)(H,24,29)(H,27,28)/t13?,14?,15-/m0/s1. The molecule has 0 unspecified atom stereocenters. The molecule has 0 bridgehead atoms. The Balaban J connectivity index is 1.80. The smallest absolute Gasteiger partial charge is 0.305 e. The second-order valence-corrected chi connectivity index (χ2v) is 7.67. The van der Waals surface area contributed by atoms with Gasteiger partial charge < -0.3 is 20.8 Å². The van der Waals surface area contributed by atoms with Crippen LogP contribution in [0.2, 0.25) is 0 Å². The molecule has 162 valence electrons. The first-order valence-corrected chi connectivity index (χ1v) is 9.91. The van der Waals surface area contributed by atoms with Crippen LogP contribution in [-0.4, -0.2) is 47.1 Å². The van der Waals surface area contributed by atoms with Crippen molar-refractivity contribution in [3.05, 3.63) is 39.8 Å². The first-order chi connectivity index (χ1) is 14.3. The minimum atomic E-state index is -1.08. The highest BCUT2D eigenvalue weighted by atomic mass is 16.4. The predicted molar refractivity (Wildman–Crippen MR) is 109 cm³/mol. The summed E-state index contributed by atoms with van der Waals surface area (Å²) in [5.74, 6) is -1.71. The number of aliphatic carboxylic acids is 1. The van der Waals surface area contributed by atoms with Crippen LogP contribution in [0.25, 0.3) is 10.4 Å². The van der Waals surface area contributed by atoms with Crippen LogP contribution in [0.4, 0.5) is 0 Å². The largest absolute Gasteiger partial charge is 0.507 e. The number of benzene rings is 1. The molecular formula is C20H27N5O5. The Morgan fingerprint density at radius 2 is 1.97 bits per heavy atom. The first kappa shape index (κ1) is 23.0. The molecule has 0 heterocycles. The van der Waals surface area contributed by atoms with E-state index in [9.17, 15) is 19.5 Å². The van der Waals surface area contributed by atoms with Gasteiger partial charge in [-0.15, -0.1) is 0 Å². The Morgan fingerprint density at radius 1 is 1.27 bits per heavy atom. The SMILES string of the molecule is Cc1ccc(O)c(C(=O)NCC2CCC(C(=O)N[C@H](CN=[N+]=[N-])CC(=O)O)CC2)c1. The summed E-state index contributed by atoms with van der Waals surface area (Å²) in [5, 5.41) is 27.6. The molecule has 4 N–H and O–H groups in total. The molecule has 1 atom stereocenters. The maximum absolute atomic E-state index is 12.4. The van der Waals surface area contributed by atoms with E-state index in [1.54, 1.807) is 12.1 Å². The van der Waals surface area contributed by atoms with Gasteiger partial charge in [0, 0.05) is 30.0 Å². The summed E-state index contributed by atoms with van der Waals surface area (Å²) in [4.78, 5) is 38.3. The average Bonchev–Trinajstić information content (AvgIpc) is 2.71. The van der Waals surface area contributed by atoms with Gasteiger partial charge in [-0.05, 0) is 56.2 Å². The monoisotopic (exact) mass is 417 g/mol. The zero-order valence-electron chi connectivity index (χ0n) is 16.9. The quantitative estimate of drug-likeness (QED) is 0.275. The molecule has 1 fully saturated rings. The second-order valence-electron chi connectivity index (χ2n) is 7.67. The number of nitrogens with zero attached hydrogens (tertiary/aromatic N) is 3. The number of carbonyl (C=O) groups excluding carboxylic acids is 2. The lowest BCUT2D eigenvalue weighted by Crippen LogP contribution is -2.43. The van der Waals surface area contributed by atoms with Crippen molar-refractivity contribution in [1.82, 2.24) is 10.6 Å². The van der Waals surface area contributed by atoms with Gasteiger partial charge in [0.05, 0.1) is 12.0 Å². The van der Waals surface area contributed by atoms with Crippen LogP contribution in [0.15, 0.2) is 23.3 Å². The molecule has 1 aliphatic carbocycles. The number of aryl methyl sites for hydroxylation is 1. The maximum Gasteiger partial charge on any atom is 0.305 e. The summed E-state index contributed by atoms with van der Waals surface area (Å²) in [6.45, 7) is 2.19. The van der Waals surface area contributed by atoms with E-state index in [2.05, 4.69) is 20.7 Å². The molecule has 0 saturated heterocycles. The Hall–Kier alpha value is -3.26. The van der Waals surface area contributed by atoms with Crippen LogP contribution in [0.3, 0.4) is 0 Å². The zero-order chi connectivity index (χ0) is 22.1. The van der Waals surface area contributed by atoms with Gasteiger partial charge in [0.2, 0.25) is 5.91 Å². The van der Waals surface area contributed by atoms with Crippen LogP contribution in [0, 0.1) is 18.8 Å². The lowest BCUT2D eigenvalue weighted by Gasteiger charge is -2.29. The number of azide groups is 1. The lowest BCUT2D eigenvalue weighted by atomic mass is 9.81. The summed E-state index contributed by atoms with van der Waals surface area (Å²) in [6, 6.07) is 4.13. The van der Waals surface area contributed by atoms with Gasteiger partial charge in [0.1, 0.15) is 5.75 Å². The summed E-state index contributed by atoms with van der Waals surface area (Å²) in [5.41, 5.74) is 9.53. The number of hydrogen-bond donors (Lipinski definition) is 4. The average molecular weight is 417 g/mol. The van der Waals surface area contributed by atoms with Gasteiger partial charge in [0.15, 0.2) is 0 Å². The molecular weight excluding hydrogens is 390 g/mol. The normalized spacial score (nSPS) is 19.2. The highest BCUT2D eigenvalue weighted by molar-refractivity contribution is 5.97. The van der Waals surface area contributed by atoms with E-state index in [-0.39, 0.29) is 47.9 Å². The molecule has 10 nitrogen and oxygen atoms in total. The van der Waals surface area contributed by atoms with Crippen molar-refractivity contribution in [2.45, 2.75) is 45.1 Å². The van der Waals surface area contributed by atoms with E-state index in [0.717, 1.165) is 18.4 Å². The van der Waals surface area contributed by atoms with Crippen molar-refractivity contribution in [3.63, 3.8) is 0 Å². The first-order valence-electron chi connectivity index (χ1n) is 9.91. The summed E-state index contributed by atoms with van der Waals surface area (Å²) >= 11 is 0. The van der Waals surface area contributed by atoms with Gasteiger partial charge in [-0.2, -0.15) is 0 Å². The molecule has 0 spiro atoms. The number of aromatic hydroxyl groups is 1. The molecule has 1 saturated carbocycles. The molecule has 1 aromatic rings. The van der Waals surface area contributed by atoms with Gasteiger partial charge in [-0.3, -0.25) is 14.4 Å². The molecule has 0 radical (unpaired) electrons. The van der Waals surface area contributed by atoms with E-state index >= 15 is 0 Å². The Kier molecular flexibility index (Phi) is 8.49. The third-order valence-corrected chi connectivity index (χ3v) is 5.30. The molecule has 0 aromatic heterocycles. The van der Waals surface area contributed by atoms with E-state index in [4.69, 9.17) is 10.6 Å². The molecule has 30 heavy (non-hydrogen) atoms. The van der Waals surface area contributed by atoms with Gasteiger partial charge in [-0.1, -0.05) is 16.7 Å². The molecule has 2 rings (SSSR count). The number of carboxylic acid groups (broad SMARTS) is 1. The van der Waals surface area contributed by atoms with Gasteiger partial charge in [-0.25, -0.2) is 0 Å². The number of carbonyl (C=O) groups is 3. The van der Waals surface area contributed by atoms with E-state index in [1.807, 2.05) is 6.92 Å². The number of hydrogen-bond acceptors (Lipinski definition) is 5. The predicted octanol–water partition coefficient (Wildman–Crippen LogP) is 2.51. The second kappa shape index (κ2) is 11.1. The van der Waals surface area contributed by atoms with Gasteiger partial charge >= 0.3 is 5.97 Å². The van der Waals surface area contributed by atoms with E-state index in [1.165, 1.54) is 6.07 Å². The van der Waals surface area contributed by atoms with Crippen molar-refractivity contribution in [2.24, 2.45) is 17.0 Å². The van der Waals surface area contributed by atoms with Crippen LogP contribution in [0.5, 0.6) is 5.75 Å². The molecule has 1 aliphatic rings. The summed E-state index contributed by atoms with van der Waals surface area (Å²) in [7, 11) is 0. The summed E-state index contributed by atoms with van der Waals surface area (Å²) in [6.07, 6.45) is 2.45. The Morgan fingerprint density at radius 3 is 2.60 bits per heavy atom. The minimum Gasteiger partial charge on any atom is -0.507 e. The molecule has 2 amide bonds. The fourth-order valence-electron chi connectivity index (χ4n) is 3.62. The zero-order valence-corrected chi connectivity index (χ0v) is 16.9. The molecule has 0 aliphatic heterocycles. The van der Waals surface area contributed by atoms with Crippen LogP contribution in [0.1, 0.15) is 48.0 Å². The number of carboxylic acids is 1. The fraction of sp³-hybridized carbons (Fsp3) is 0.550. The highest BCUT2D eigenvalue weighted by Crippen LogP contribution is 2.29. The number of phenols is 1. The van der Waals surface area contributed by atoms with E-state index in [0.29, 0.717) is 19.4 Å². The Bertz CT molecular complexity index is 825. The Labute approximate surface area is 174 Å².